The molecule has 0 aromatic carbocycles. The zero-order valence-corrected chi connectivity index (χ0v) is 10.0. The number of nitrogens with one attached hydrogen (secondary N) is 1. The molecule has 1 fully saturated rings. The van der Waals surface area contributed by atoms with Gasteiger partial charge in [0, 0.05) is 12.6 Å². The third-order valence-corrected chi connectivity index (χ3v) is 3.16. The minimum absolute atomic E-state index is 0.0222. The highest BCUT2D eigenvalue weighted by molar-refractivity contribution is 5.90. The van der Waals surface area contributed by atoms with Gasteiger partial charge in [-0.3, -0.25) is 9.89 Å². The maximum absolute atomic E-state index is 12.2. The number of amides is 1. The summed E-state index contributed by atoms with van der Waals surface area (Å²) in [4.78, 5) is 18.0. The molecule has 0 aliphatic heterocycles. The van der Waals surface area contributed by atoms with Crippen LogP contribution in [0.5, 0.6) is 0 Å². The predicted octanol–water partition coefficient (Wildman–Crippen LogP) is 0.490. The van der Waals surface area contributed by atoms with Crippen molar-refractivity contribution in [1.82, 2.24) is 20.1 Å². The van der Waals surface area contributed by atoms with Gasteiger partial charge in [0.05, 0.1) is 6.61 Å². The largest absolute Gasteiger partial charge is 0.395 e. The number of rotatable bonds is 4. The number of aliphatic hydroxyl groups is 1. The van der Waals surface area contributed by atoms with Gasteiger partial charge in [0.1, 0.15) is 5.82 Å². The quantitative estimate of drug-likeness (QED) is 0.799. The van der Waals surface area contributed by atoms with E-state index in [1.165, 1.54) is 0 Å². The maximum Gasteiger partial charge on any atom is 0.293 e. The van der Waals surface area contributed by atoms with E-state index in [0.717, 1.165) is 25.7 Å². The Labute approximate surface area is 100 Å². The number of carbonyl (C=O) groups is 1. The minimum Gasteiger partial charge on any atom is -0.395 e. The van der Waals surface area contributed by atoms with Crippen LogP contribution in [-0.2, 0) is 0 Å². The van der Waals surface area contributed by atoms with Gasteiger partial charge in [0.2, 0.25) is 5.82 Å². The Morgan fingerprint density at radius 1 is 1.53 bits per heavy atom. The first kappa shape index (κ1) is 12.0. The van der Waals surface area contributed by atoms with Crippen LogP contribution < -0.4 is 0 Å². The second-order valence-corrected chi connectivity index (χ2v) is 4.40. The molecule has 1 aliphatic carbocycles. The molecule has 1 amide bonds. The number of carbonyl (C=O) groups excluding carboxylic acids is 1. The smallest absolute Gasteiger partial charge is 0.293 e. The highest BCUT2D eigenvalue weighted by atomic mass is 16.3. The van der Waals surface area contributed by atoms with E-state index in [0.29, 0.717) is 12.4 Å². The standard InChI is InChI=1S/C11H18N4O2/c1-8-12-10(14-13-8)11(17)15(6-7-16)9-4-2-3-5-9/h9,16H,2-7H2,1H3,(H,12,13,14). The van der Waals surface area contributed by atoms with Gasteiger partial charge in [-0.15, -0.1) is 5.10 Å². The second kappa shape index (κ2) is 5.27. The van der Waals surface area contributed by atoms with Crippen molar-refractivity contribution < 1.29 is 9.90 Å². The fourth-order valence-corrected chi connectivity index (χ4v) is 2.34. The summed E-state index contributed by atoms with van der Waals surface area (Å²) in [5, 5.41) is 15.6. The number of hydrogen-bond acceptors (Lipinski definition) is 4. The summed E-state index contributed by atoms with van der Waals surface area (Å²) in [6.07, 6.45) is 4.31. The lowest BCUT2D eigenvalue weighted by Gasteiger charge is -2.27. The van der Waals surface area contributed by atoms with Gasteiger partial charge in [0.25, 0.3) is 5.91 Å². The molecule has 0 radical (unpaired) electrons. The van der Waals surface area contributed by atoms with Crippen LogP contribution in [0.4, 0.5) is 0 Å². The molecule has 0 bridgehead atoms. The van der Waals surface area contributed by atoms with Crippen LogP contribution in [0, 0.1) is 6.92 Å². The summed E-state index contributed by atoms with van der Waals surface area (Å²) in [5.41, 5.74) is 0. The molecule has 6 nitrogen and oxygen atoms in total. The van der Waals surface area contributed by atoms with Crippen molar-refractivity contribution in [3.8, 4) is 0 Å². The van der Waals surface area contributed by atoms with Crippen LogP contribution in [0.3, 0.4) is 0 Å². The molecule has 2 N–H and O–H groups in total. The summed E-state index contributed by atoms with van der Waals surface area (Å²) in [6.45, 7) is 2.10. The number of aromatic amines is 1. The van der Waals surface area contributed by atoms with Crippen molar-refractivity contribution in [3.05, 3.63) is 11.6 Å². The molecule has 17 heavy (non-hydrogen) atoms. The predicted molar refractivity (Wildman–Crippen MR) is 61.5 cm³/mol. The van der Waals surface area contributed by atoms with Crippen LogP contribution in [0.1, 0.15) is 42.1 Å². The maximum atomic E-state index is 12.2. The van der Waals surface area contributed by atoms with E-state index in [1.54, 1.807) is 11.8 Å². The lowest BCUT2D eigenvalue weighted by atomic mass is 10.2. The van der Waals surface area contributed by atoms with Gasteiger partial charge in [-0.1, -0.05) is 12.8 Å². The lowest BCUT2D eigenvalue weighted by Crippen LogP contribution is -2.41. The van der Waals surface area contributed by atoms with Crippen LogP contribution >= 0.6 is 0 Å². The number of aryl methyl sites for hydroxylation is 1. The summed E-state index contributed by atoms with van der Waals surface area (Å²) in [5.74, 6) is 0.641. The Hall–Kier alpha value is -1.43. The zero-order chi connectivity index (χ0) is 12.3. The Morgan fingerprint density at radius 3 is 2.76 bits per heavy atom. The van der Waals surface area contributed by atoms with Crippen molar-refractivity contribution in [3.63, 3.8) is 0 Å². The first-order valence-corrected chi connectivity index (χ1v) is 6.03. The first-order valence-electron chi connectivity index (χ1n) is 6.03. The molecule has 94 valence electrons. The molecule has 0 unspecified atom stereocenters. The fourth-order valence-electron chi connectivity index (χ4n) is 2.34. The van der Waals surface area contributed by atoms with Crippen molar-refractivity contribution in [1.29, 1.82) is 0 Å². The molecule has 6 heteroatoms. The van der Waals surface area contributed by atoms with Crippen LogP contribution in [0.15, 0.2) is 0 Å². The molecule has 0 spiro atoms. The molecule has 1 heterocycles. The minimum atomic E-state index is -0.185. The third-order valence-electron chi connectivity index (χ3n) is 3.16. The Balaban J connectivity index is 2.12. The fraction of sp³-hybridized carbons (Fsp3) is 0.727. The van der Waals surface area contributed by atoms with Crippen LogP contribution in [0.25, 0.3) is 0 Å². The van der Waals surface area contributed by atoms with E-state index in [-0.39, 0.29) is 24.4 Å². The molecule has 1 aromatic rings. The average molecular weight is 238 g/mol. The molecule has 0 saturated heterocycles. The summed E-state index contributed by atoms with van der Waals surface area (Å²) < 4.78 is 0. The third kappa shape index (κ3) is 2.63. The monoisotopic (exact) mass is 238 g/mol. The van der Waals surface area contributed by atoms with E-state index in [1.807, 2.05) is 0 Å². The highest BCUT2D eigenvalue weighted by Gasteiger charge is 2.28. The molecule has 2 rings (SSSR count). The first-order chi connectivity index (χ1) is 8.22. The van der Waals surface area contributed by atoms with Crippen molar-refractivity contribution in [2.75, 3.05) is 13.2 Å². The SMILES string of the molecule is Cc1nc(C(=O)N(CCO)C2CCCC2)n[nH]1. The number of hydrogen-bond donors (Lipinski definition) is 2. The Morgan fingerprint density at radius 2 is 2.24 bits per heavy atom. The summed E-state index contributed by atoms with van der Waals surface area (Å²) in [7, 11) is 0. The van der Waals surface area contributed by atoms with Crippen molar-refractivity contribution in [2.45, 2.75) is 38.6 Å². The van der Waals surface area contributed by atoms with E-state index in [2.05, 4.69) is 15.2 Å². The zero-order valence-electron chi connectivity index (χ0n) is 10.0. The second-order valence-electron chi connectivity index (χ2n) is 4.40. The molecule has 1 aromatic heterocycles. The molecule has 0 atom stereocenters. The van der Waals surface area contributed by atoms with Gasteiger partial charge in [-0.25, -0.2) is 4.98 Å². The Bertz CT molecular complexity index is 385. The Kier molecular flexibility index (Phi) is 3.73. The van der Waals surface area contributed by atoms with Gasteiger partial charge in [-0.2, -0.15) is 0 Å². The van der Waals surface area contributed by atoms with E-state index in [9.17, 15) is 4.79 Å². The topological polar surface area (TPSA) is 82.1 Å². The molecular weight excluding hydrogens is 220 g/mol. The van der Waals surface area contributed by atoms with E-state index >= 15 is 0 Å². The van der Waals surface area contributed by atoms with Crippen molar-refractivity contribution in [2.24, 2.45) is 0 Å². The van der Waals surface area contributed by atoms with Gasteiger partial charge in [0.15, 0.2) is 0 Å². The van der Waals surface area contributed by atoms with Gasteiger partial charge in [-0.05, 0) is 19.8 Å². The number of aliphatic hydroxyl groups excluding tert-OH is 1. The number of aromatic nitrogens is 3. The average Bonchev–Trinajstić information content (AvgIpc) is 2.95. The van der Waals surface area contributed by atoms with Crippen molar-refractivity contribution >= 4 is 5.91 Å². The normalized spacial score (nSPS) is 16.4. The van der Waals surface area contributed by atoms with E-state index in [4.69, 9.17) is 5.11 Å². The van der Waals surface area contributed by atoms with Gasteiger partial charge >= 0.3 is 0 Å². The lowest BCUT2D eigenvalue weighted by molar-refractivity contribution is 0.0626. The summed E-state index contributed by atoms with van der Waals surface area (Å²) in [6, 6.07) is 0.230. The van der Waals surface area contributed by atoms with E-state index < -0.39 is 0 Å². The molecule has 1 aliphatic rings. The highest BCUT2D eigenvalue weighted by Crippen LogP contribution is 2.24. The van der Waals surface area contributed by atoms with Crippen LogP contribution in [0.2, 0.25) is 0 Å². The van der Waals surface area contributed by atoms with Gasteiger partial charge < -0.3 is 10.0 Å². The molecular formula is C11H18N4O2. The number of H-pyrrole nitrogens is 1. The molecule has 1 saturated carbocycles. The van der Waals surface area contributed by atoms with Crippen LogP contribution in [-0.4, -0.2) is 50.3 Å². The number of nitrogens with zero attached hydrogens (tertiary/aromatic N) is 3. The summed E-state index contributed by atoms with van der Waals surface area (Å²) >= 11 is 0.